The standard InChI is InChI=1S/C11H23N3S/c1-13-4-3-5-14(7-6-13)10-8-12-9-11(10)15-2/h10-12H,3-9H2,1-2H3. The van der Waals surface area contributed by atoms with Crippen LogP contribution < -0.4 is 5.32 Å². The molecule has 2 atom stereocenters. The lowest BCUT2D eigenvalue weighted by molar-refractivity contribution is 0.218. The van der Waals surface area contributed by atoms with Crippen LogP contribution >= 0.6 is 11.8 Å². The smallest absolute Gasteiger partial charge is 0.0352 e. The molecular formula is C11H23N3S. The van der Waals surface area contributed by atoms with Gasteiger partial charge in [0, 0.05) is 37.5 Å². The third kappa shape index (κ3) is 2.87. The van der Waals surface area contributed by atoms with Crippen molar-refractivity contribution in [2.45, 2.75) is 17.7 Å². The second-order valence-corrected chi connectivity index (χ2v) is 5.77. The summed E-state index contributed by atoms with van der Waals surface area (Å²) in [6.07, 6.45) is 3.57. The molecule has 2 rings (SSSR count). The number of rotatable bonds is 2. The van der Waals surface area contributed by atoms with Crippen LogP contribution in [0.2, 0.25) is 0 Å². The molecule has 0 aromatic heterocycles. The molecule has 3 nitrogen and oxygen atoms in total. The lowest BCUT2D eigenvalue weighted by atomic mass is 10.2. The molecule has 2 aliphatic rings. The average molecular weight is 229 g/mol. The van der Waals surface area contributed by atoms with E-state index < -0.39 is 0 Å². The average Bonchev–Trinajstić information content (AvgIpc) is 2.61. The van der Waals surface area contributed by atoms with Crippen molar-refractivity contribution in [2.75, 3.05) is 52.6 Å². The summed E-state index contributed by atoms with van der Waals surface area (Å²) in [6.45, 7) is 7.42. The molecule has 0 amide bonds. The highest BCUT2D eigenvalue weighted by Gasteiger charge is 2.31. The summed E-state index contributed by atoms with van der Waals surface area (Å²) in [5, 5.41) is 4.33. The predicted octanol–water partition coefficient (Wildman–Crippen LogP) is 0.327. The minimum absolute atomic E-state index is 0.770. The Morgan fingerprint density at radius 1 is 1.13 bits per heavy atom. The third-order valence-electron chi connectivity index (χ3n) is 3.65. The second-order valence-electron chi connectivity index (χ2n) is 4.69. The minimum atomic E-state index is 0.770. The van der Waals surface area contributed by atoms with E-state index >= 15 is 0 Å². The first-order chi connectivity index (χ1) is 7.31. The van der Waals surface area contributed by atoms with Crippen LogP contribution in [0.5, 0.6) is 0 Å². The van der Waals surface area contributed by atoms with E-state index in [9.17, 15) is 0 Å². The van der Waals surface area contributed by atoms with Crippen LogP contribution in [-0.2, 0) is 0 Å². The summed E-state index contributed by atoms with van der Waals surface area (Å²) in [5.74, 6) is 0. The van der Waals surface area contributed by atoms with Crippen LogP contribution in [0.4, 0.5) is 0 Å². The molecule has 4 heteroatoms. The van der Waals surface area contributed by atoms with Crippen LogP contribution in [-0.4, -0.2) is 73.7 Å². The molecule has 1 N–H and O–H groups in total. The Labute approximate surface area is 97.6 Å². The first kappa shape index (κ1) is 11.7. The van der Waals surface area contributed by atoms with Crippen molar-refractivity contribution < 1.29 is 0 Å². The zero-order chi connectivity index (χ0) is 10.7. The first-order valence-electron chi connectivity index (χ1n) is 5.97. The first-order valence-corrected chi connectivity index (χ1v) is 7.26. The van der Waals surface area contributed by atoms with Crippen molar-refractivity contribution in [3.8, 4) is 0 Å². The zero-order valence-electron chi connectivity index (χ0n) is 9.91. The maximum Gasteiger partial charge on any atom is 0.0352 e. The monoisotopic (exact) mass is 229 g/mol. The molecule has 0 bridgehead atoms. The van der Waals surface area contributed by atoms with Crippen molar-refractivity contribution in [2.24, 2.45) is 0 Å². The van der Waals surface area contributed by atoms with E-state index in [2.05, 4.69) is 28.4 Å². The fraction of sp³-hybridized carbons (Fsp3) is 1.00. The van der Waals surface area contributed by atoms with E-state index in [1.165, 1.54) is 45.7 Å². The van der Waals surface area contributed by atoms with Gasteiger partial charge in [-0.25, -0.2) is 0 Å². The molecule has 2 heterocycles. The molecule has 0 aromatic carbocycles. The summed E-state index contributed by atoms with van der Waals surface area (Å²) in [5.41, 5.74) is 0. The lowest BCUT2D eigenvalue weighted by Gasteiger charge is -2.30. The van der Waals surface area contributed by atoms with Crippen LogP contribution in [0, 0.1) is 0 Å². The Morgan fingerprint density at radius 3 is 2.80 bits per heavy atom. The SMILES string of the molecule is CSC1CNCC1N1CCCN(C)CC1. The van der Waals surface area contributed by atoms with Gasteiger partial charge in [-0.3, -0.25) is 4.90 Å². The number of likely N-dealkylation sites (N-methyl/N-ethyl adjacent to an activating group) is 1. The third-order valence-corrected chi connectivity index (χ3v) is 4.74. The van der Waals surface area contributed by atoms with Crippen molar-refractivity contribution in [1.29, 1.82) is 0 Å². The van der Waals surface area contributed by atoms with Gasteiger partial charge in [-0.15, -0.1) is 0 Å². The molecule has 0 aromatic rings. The predicted molar refractivity (Wildman–Crippen MR) is 67.6 cm³/mol. The van der Waals surface area contributed by atoms with Gasteiger partial charge in [0.1, 0.15) is 0 Å². The molecule has 2 unspecified atom stereocenters. The molecule has 2 aliphatic heterocycles. The largest absolute Gasteiger partial charge is 0.314 e. The summed E-state index contributed by atoms with van der Waals surface area (Å²) < 4.78 is 0. The van der Waals surface area contributed by atoms with Gasteiger partial charge in [-0.05, 0) is 32.8 Å². The number of nitrogens with zero attached hydrogens (tertiary/aromatic N) is 2. The fourth-order valence-corrected chi connectivity index (χ4v) is 3.51. The fourth-order valence-electron chi connectivity index (χ4n) is 2.64. The zero-order valence-corrected chi connectivity index (χ0v) is 10.7. The van der Waals surface area contributed by atoms with Crippen molar-refractivity contribution in [3.63, 3.8) is 0 Å². The maximum absolute atomic E-state index is 3.53. The Hall–Kier alpha value is 0.230. The van der Waals surface area contributed by atoms with E-state index in [4.69, 9.17) is 0 Å². The number of hydrogen-bond acceptors (Lipinski definition) is 4. The van der Waals surface area contributed by atoms with E-state index in [1.807, 2.05) is 11.8 Å². The molecular weight excluding hydrogens is 206 g/mol. The molecule has 15 heavy (non-hydrogen) atoms. The van der Waals surface area contributed by atoms with Gasteiger partial charge in [0.15, 0.2) is 0 Å². The lowest BCUT2D eigenvalue weighted by Crippen LogP contribution is -2.43. The van der Waals surface area contributed by atoms with Crippen molar-refractivity contribution in [1.82, 2.24) is 15.1 Å². The summed E-state index contributed by atoms with van der Waals surface area (Å²) in [4.78, 5) is 5.15. The molecule has 0 saturated carbocycles. The van der Waals surface area contributed by atoms with Gasteiger partial charge in [0.2, 0.25) is 0 Å². The van der Waals surface area contributed by atoms with Gasteiger partial charge in [-0.1, -0.05) is 0 Å². The van der Waals surface area contributed by atoms with Crippen molar-refractivity contribution in [3.05, 3.63) is 0 Å². The van der Waals surface area contributed by atoms with E-state index in [0.717, 1.165) is 11.3 Å². The van der Waals surface area contributed by atoms with Crippen LogP contribution in [0.25, 0.3) is 0 Å². The maximum atomic E-state index is 3.53. The van der Waals surface area contributed by atoms with Crippen molar-refractivity contribution >= 4 is 11.8 Å². The number of thioether (sulfide) groups is 1. The molecule has 0 radical (unpaired) electrons. The highest BCUT2D eigenvalue weighted by atomic mass is 32.2. The van der Waals surface area contributed by atoms with Crippen LogP contribution in [0.1, 0.15) is 6.42 Å². The number of hydrogen-bond donors (Lipinski definition) is 1. The topological polar surface area (TPSA) is 18.5 Å². The quantitative estimate of drug-likeness (QED) is 0.735. The van der Waals surface area contributed by atoms with E-state index in [0.29, 0.717) is 0 Å². The van der Waals surface area contributed by atoms with Crippen LogP contribution in [0.15, 0.2) is 0 Å². The summed E-state index contributed by atoms with van der Waals surface area (Å²) in [6, 6.07) is 0.770. The molecule has 0 aliphatic carbocycles. The van der Waals surface area contributed by atoms with Gasteiger partial charge in [0.05, 0.1) is 0 Å². The summed E-state index contributed by atoms with van der Waals surface area (Å²) >= 11 is 2.02. The Balaban J connectivity index is 1.91. The van der Waals surface area contributed by atoms with E-state index in [-0.39, 0.29) is 0 Å². The number of nitrogens with one attached hydrogen (secondary N) is 1. The van der Waals surface area contributed by atoms with Gasteiger partial charge >= 0.3 is 0 Å². The molecule has 2 fully saturated rings. The van der Waals surface area contributed by atoms with Gasteiger partial charge < -0.3 is 10.2 Å². The minimum Gasteiger partial charge on any atom is -0.314 e. The van der Waals surface area contributed by atoms with Gasteiger partial charge in [0.25, 0.3) is 0 Å². The van der Waals surface area contributed by atoms with Gasteiger partial charge in [-0.2, -0.15) is 11.8 Å². The highest BCUT2D eigenvalue weighted by molar-refractivity contribution is 7.99. The Morgan fingerprint density at radius 2 is 2.00 bits per heavy atom. The molecule has 0 spiro atoms. The highest BCUT2D eigenvalue weighted by Crippen LogP contribution is 2.21. The summed E-state index contributed by atoms with van der Waals surface area (Å²) in [7, 11) is 2.24. The second kappa shape index (κ2) is 5.53. The Bertz CT molecular complexity index is 200. The Kier molecular flexibility index (Phi) is 4.31. The normalized spacial score (nSPS) is 35.6. The molecule has 2 saturated heterocycles. The van der Waals surface area contributed by atoms with Crippen LogP contribution in [0.3, 0.4) is 0 Å². The van der Waals surface area contributed by atoms with E-state index in [1.54, 1.807) is 0 Å². The molecule has 88 valence electrons.